The highest BCUT2D eigenvalue weighted by Crippen LogP contribution is 2.29. The Morgan fingerprint density at radius 3 is 2.41 bits per heavy atom. The van der Waals surface area contributed by atoms with Crippen LogP contribution in [0, 0.1) is 0 Å². The van der Waals surface area contributed by atoms with Gasteiger partial charge in [0, 0.05) is 36.3 Å². The van der Waals surface area contributed by atoms with Crippen LogP contribution in [0.1, 0.15) is 34.3 Å². The Bertz CT molecular complexity index is 785. The molecule has 1 amide bonds. The molecule has 0 spiro atoms. The number of hydrogen-bond acceptors (Lipinski definition) is 2. The lowest BCUT2D eigenvalue weighted by atomic mass is 10.0. The molecule has 3 rings (SSSR count). The SMILES string of the molecule is O=C(NC1CCN(Cc2ccc(Cl)cc2)CC1)c1cccc(C(F)(F)F)c1. The second-order valence-electron chi connectivity index (χ2n) is 6.73. The zero-order chi connectivity index (χ0) is 19.4. The fraction of sp³-hybridized carbons (Fsp3) is 0.350. The van der Waals surface area contributed by atoms with Gasteiger partial charge in [-0.2, -0.15) is 13.2 Å². The molecular weight excluding hydrogens is 377 g/mol. The normalized spacial score (nSPS) is 16.3. The lowest BCUT2D eigenvalue weighted by molar-refractivity contribution is -0.137. The van der Waals surface area contributed by atoms with Crippen LogP contribution in [0.25, 0.3) is 0 Å². The average Bonchev–Trinajstić information content (AvgIpc) is 2.64. The summed E-state index contributed by atoms with van der Waals surface area (Å²) in [6.07, 6.45) is -2.93. The number of alkyl halides is 3. The summed E-state index contributed by atoms with van der Waals surface area (Å²) in [5.41, 5.74) is 0.396. The molecular formula is C20H20ClF3N2O. The van der Waals surface area contributed by atoms with Crippen molar-refractivity contribution in [3.05, 3.63) is 70.2 Å². The Hall–Kier alpha value is -2.05. The minimum absolute atomic E-state index is 0.0338. The molecule has 2 aromatic rings. The number of rotatable bonds is 4. The van der Waals surface area contributed by atoms with Gasteiger partial charge in [0.25, 0.3) is 5.91 Å². The Labute approximate surface area is 161 Å². The molecule has 1 fully saturated rings. The van der Waals surface area contributed by atoms with Crippen molar-refractivity contribution in [3.8, 4) is 0 Å². The van der Waals surface area contributed by atoms with Crippen LogP contribution in [0.4, 0.5) is 13.2 Å². The zero-order valence-electron chi connectivity index (χ0n) is 14.6. The van der Waals surface area contributed by atoms with Gasteiger partial charge in [0.1, 0.15) is 0 Å². The van der Waals surface area contributed by atoms with Gasteiger partial charge in [0.2, 0.25) is 0 Å². The van der Waals surface area contributed by atoms with E-state index in [9.17, 15) is 18.0 Å². The van der Waals surface area contributed by atoms with E-state index in [1.807, 2.05) is 24.3 Å². The number of piperidine rings is 1. The van der Waals surface area contributed by atoms with Crippen molar-refractivity contribution < 1.29 is 18.0 Å². The Morgan fingerprint density at radius 1 is 1.11 bits per heavy atom. The molecule has 1 saturated heterocycles. The van der Waals surface area contributed by atoms with Gasteiger partial charge >= 0.3 is 6.18 Å². The van der Waals surface area contributed by atoms with Crippen molar-refractivity contribution in [1.82, 2.24) is 10.2 Å². The Balaban J connectivity index is 1.51. The number of hydrogen-bond donors (Lipinski definition) is 1. The molecule has 2 aromatic carbocycles. The molecule has 1 heterocycles. The fourth-order valence-electron chi connectivity index (χ4n) is 3.19. The largest absolute Gasteiger partial charge is 0.416 e. The van der Waals surface area contributed by atoms with Crippen LogP contribution < -0.4 is 5.32 Å². The minimum Gasteiger partial charge on any atom is -0.349 e. The predicted octanol–water partition coefficient (Wildman–Crippen LogP) is 4.75. The summed E-state index contributed by atoms with van der Waals surface area (Å²) < 4.78 is 38.4. The van der Waals surface area contributed by atoms with Gasteiger partial charge < -0.3 is 5.32 Å². The van der Waals surface area contributed by atoms with Crippen LogP contribution >= 0.6 is 11.6 Å². The first-order chi connectivity index (χ1) is 12.8. The second-order valence-corrected chi connectivity index (χ2v) is 7.17. The highest BCUT2D eigenvalue weighted by molar-refractivity contribution is 6.30. The third kappa shape index (κ3) is 5.47. The standard InChI is InChI=1S/C20H20ClF3N2O/c21-17-6-4-14(5-7-17)13-26-10-8-18(9-11-26)25-19(27)15-2-1-3-16(12-15)20(22,23)24/h1-7,12,18H,8-11,13H2,(H,25,27). The maximum Gasteiger partial charge on any atom is 0.416 e. The van der Waals surface area contributed by atoms with Crippen molar-refractivity contribution >= 4 is 17.5 Å². The highest BCUT2D eigenvalue weighted by atomic mass is 35.5. The van der Waals surface area contributed by atoms with Gasteiger partial charge in [-0.3, -0.25) is 9.69 Å². The molecule has 0 aromatic heterocycles. The Morgan fingerprint density at radius 2 is 1.78 bits per heavy atom. The molecule has 1 N–H and O–H groups in total. The lowest BCUT2D eigenvalue weighted by Crippen LogP contribution is -2.44. The fourth-order valence-corrected chi connectivity index (χ4v) is 3.31. The first-order valence-electron chi connectivity index (χ1n) is 8.76. The summed E-state index contributed by atoms with van der Waals surface area (Å²) in [4.78, 5) is 14.6. The van der Waals surface area contributed by atoms with Gasteiger partial charge in [-0.25, -0.2) is 0 Å². The van der Waals surface area contributed by atoms with Crippen LogP contribution in [0.2, 0.25) is 5.02 Å². The van der Waals surface area contributed by atoms with E-state index >= 15 is 0 Å². The van der Waals surface area contributed by atoms with E-state index in [0.29, 0.717) is 5.02 Å². The molecule has 0 aliphatic carbocycles. The van der Waals surface area contributed by atoms with Crippen molar-refractivity contribution in [2.45, 2.75) is 31.6 Å². The van der Waals surface area contributed by atoms with Crippen LogP contribution in [0.15, 0.2) is 48.5 Å². The van der Waals surface area contributed by atoms with Crippen LogP contribution in [0.5, 0.6) is 0 Å². The van der Waals surface area contributed by atoms with Gasteiger partial charge in [0.05, 0.1) is 5.56 Å². The maximum absolute atomic E-state index is 12.8. The summed E-state index contributed by atoms with van der Waals surface area (Å²) in [6.45, 7) is 2.44. The van der Waals surface area contributed by atoms with E-state index in [1.165, 1.54) is 17.7 Å². The number of likely N-dealkylation sites (tertiary alicyclic amines) is 1. The van der Waals surface area contributed by atoms with Gasteiger partial charge in [-0.05, 0) is 48.7 Å². The first kappa shape index (κ1) is 19.7. The van der Waals surface area contributed by atoms with Gasteiger partial charge in [-0.15, -0.1) is 0 Å². The van der Waals surface area contributed by atoms with Crippen molar-refractivity contribution in [3.63, 3.8) is 0 Å². The quantitative estimate of drug-likeness (QED) is 0.808. The van der Waals surface area contributed by atoms with Crippen molar-refractivity contribution in [2.24, 2.45) is 0 Å². The number of carbonyl (C=O) groups excluding carboxylic acids is 1. The van der Waals surface area contributed by atoms with E-state index in [2.05, 4.69) is 10.2 Å². The predicted molar refractivity (Wildman–Crippen MR) is 98.7 cm³/mol. The second kappa shape index (κ2) is 8.31. The molecule has 0 saturated carbocycles. The lowest BCUT2D eigenvalue weighted by Gasteiger charge is -2.32. The van der Waals surface area contributed by atoms with Gasteiger partial charge in [-0.1, -0.05) is 29.8 Å². The number of nitrogens with one attached hydrogen (secondary N) is 1. The van der Waals surface area contributed by atoms with Crippen molar-refractivity contribution in [1.29, 1.82) is 0 Å². The van der Waals surface area contributed by atoms with Crippen LogP contribution in [0.3, 0.4) is 0 Å². The smallest absolute Gasteiger partial charge is 0.349 e. The third-order valence-corrected chi connectivity index (χ3v) is 4.95. The van der Waals surface area contributed by atoms with Crippen LogP contribution in [-0.4, -0.2) is 29.9 Å². The number of benzene rings is 2. The minimum atomic E-state index is -4.46. The first-order valence-corrected chi connectivity index (χ1v) is 9.14. The molecule has 3 nitrogen and oxygen atoms in total. The van der Waals surface area contributed by atoms with E-state index < -0.39 is 17.6 Å². The number of amides is 1. The van der Waals surface area contributed by atoms with E-state index in [1.54, 1.807) is 0 Å². The molecule has 0 radical (unpaired) electrons. The van der Waals surface area contributed by atoms with E-state index in [4.69, 9.17) is 11.6 Å². The average molecular weight is 397 g/mol. The maximum atomic E-state index is 12.8. The van der Waals surface area contributed by atoms with Gasteiger partial charge in [0.15, 0.2) is 0 Å². The summed E-state index contributed by atoms with van der Waals surface area (Å²) >= 11 is 5.89. The molecule has 0 unspecified atom stereocenters. The molecule has 0 atom stereocenters. The van der Waals surface area contributed by atoms with Crippen LogP contribution in [-0.2, 0) is 12.7 Å². The molecule has 7 heteroatoms. The summed E-state index contributed by atoms with van der Waals surface area (Å²) in [6, 6.07) is 12.2. The molecule has 27 heavy (non-hydrogen) atoms. The number of halogens is 4. The number of carbonyl (C=O) groups is 1. The summed E-state index contributed by atoms with van der Waals surface area (Å²) in [5.74, 6) is -0.461. The summed E-state index contributed by atoms with van der Waals surface area (Å²) in [7, 11) is 0. The number of nitrogens with zero attached hydrogens (tertiary/aromatic N) is 1. The highest BCUT2D eigenvalue weighted by Gasteiger charge is 2.31. The summed E-state index contributed by atoms with van der Waals surface area (Å²) in [5, 5.41) is 3.56. The molecule has 0 bridgehead atoms. The zero-order valence-corrected chi connectivity index (χ0v) is 15.4. The topological polar surface area (TPSA) is 32.3 Å². The Kier molecular flexibility index (Phi) is 6.07. The monoisotopic (exact) mass is 396 g/mol. The molecule has 1 aliphatic heterocycles. The van der Waals surface area contributed by atoms with E-state index in [0.717, 1.165) is 44.6 Å². The van der Waals surface area contributed by atoms with E-state index in [-0.39, 0.29) is 11.6 Å². The molecule has 1 aliphatic rings. The molecule has 144 valence electrons. The van der Waals surface area contributed by atoms with Crippen molar-refractivity contribution in [2.75, 3.05) is 13.1 Å². The third-order valence-electron chi connectivity index (χ3n) is 4.69.